The molecule has 0 saturated carbocycles. The average Bonchev–Trinajstić information content (AvgIpc) is 3.16. The lowest BCUT2D eigenvalue weighted by Gasteiger charge is -2.07. The maximum atomic E-state index is 12.2. The number of benzene rings is 2. The lowest BCUT2D eigenvalue weighted by atomic mass is 10.2. The summed E-state index contributed by atoms with van der Waals surface area (Å²) in [5, 5.41) is 14.9. The Bertz CT molecular complexity index is 960. The monoisotopic (exact) mass is 461 g/mol. The summed E-state index contributed by atoms with van der Waals surface area (Å²) in [7, 11) is 0. The fraction of sp³-hybridized carbons (Fsp3) is 0.167. The van der Waals surface area contributed by atoms with Gasteiger partial charge in [-0.25, -0.2) is 4.79 Å². The Hall–Kier alpha value is -2.72. The van der Waals surface area contributed by atoms with Gasteiger partial charge in [0.25, 0.3) is 0 Å². The molecule has 144 valence electrons. The molecule has 2 aromatic carbocycles. The van der Waals surface area contributed by atoms with E-state index < -0.39 is 5.97 Å². The fourth-order valence-electron chi connectivity index (χ4n) is 2.24. The largest absolute Gasteiger partial charge is 0.462 e. The molecule has 1 amide bonds. The smallest absolute Gasteiger partial charge is 0.338 e. The fourth-order valence-corrected chi connectivity index (χ4v) is 3.20. The molecule has 0 unspecified atom stereocenters. The molecule has 1 N–H and O–H groups in total. The van der Waals surface area contributed by atoms with Crippen molar-refractivity contribution in [1.82, 2.24) is 20.2 Å². The van der Waals surface area contributed by atoms with Crippen LogP contribution in [0.5, 0.6) is 0 Å². The van der Waals surface area contributed by atoms with E-state index in [4.69, 9.17) is 4.74 Å². The number of thioether (sulfide) groups is 1. The molecule has 0 fully saturated rings. The molecule has 0 radical (unpaired) electrons. The van der Waals surface area contributed by atoms with E-state index in [-0.39, 0.29) is 11.7 Å². The van der Waals surface area contributed by atoms with Gasteiger partial charge in [-0.1, -0.05) is 27.7 Å². The molecule has 0 bridgehead atoms. The number of hydrogen-bond acceptors (Lipinski definition) is 7. The maximum Gasteiger partial charge on any atom is 0.338 e. The first-order valence-electron chi connectivity index (χ1n) is 8.31. The first-order valence-corrected chi connectivity index (χ1v) is 10.1. The van der Waals surface area contributed by atoms with E-state index in [1.165, 1.54) is 11.8 Å². The summed E-state index contributed by atoms with van der Waals surface area (Å²) in [5.41, 5.74) is 1.82. The highest BCUT2D eigenvalue weighted by Gasteiger charge is 2.12. The third-order valence-electron chi connectivity index (χ3n) is 3.52. The zero-order chi connectivity index (χ0) is 19.9. The van der Waals surface area contributed by atoms with Crippen molar-refractivity contribution in [1.29, 1.82) is 0 Å². The number of ether oxygens (including phenoxy) is 1. The van der Waals surface area contributed by atoms with E-state index in [1.54, 1.807) is 35.9 Å². The van der Waals surface area contributed by atoms with Crippen LogP contribution in [0.1, 0.15) is 17.3 Å². The van der Waals surface area contributed by atoms with E-state index in [0.717, 1.165) is 10.2 Å². The van der Waals surface area contributed by atoms with Gasteiger partial charge in [0.2, 0.25) is 11.1 Å². The molecule has 28 heavy (non-hydrogen) atoms. The van der Waals surface area contributed by atoms with Crippen LogP contribution in [0.2, 0.25) is 0 Å². The molecule has 1 heterocycles. The number of carbonyl (C=O) groups is 2. The first kappa shape index (κ1) is 20.0. The van der Waals surface area contributed by atoms with Crippen molar-refractivity contribution >= 4 is 45.3 Å². The molecule has 0 aliphatic carbocycles. The van der Waals surface area contributed by atoms with Gasteiger partial charge in [0.05, 0.1) is 23.6 Å². The number of nitrogens with one attached hydrogen (secondary N) is 1. The van der Waals surface area contributed by atoms with Crippen molar-refractivity contribution in [3.8, 4) is 5.69 Å². The maximum absolute atomic E-state index is 12.2. The topological polar surface area (TPSA) is 99.0 Å². The van der Waals surface area contributed by atoms with Crippen molar-refractivity contribution < 1.29 is 14.3 Å². The number of halogens is 1. The lowest BCUT2D eigenvalue weighted by molar-refractivity contribution is -0.113. The van der Waals surface area contributed by atoms with Gasteiger partial charge >= 0.3 is 5.97 Å². The Balaban J connectivity index is 1.57. The summed E-state index contributed by atoms with van der Waals surface area (Å²) in [6.07, 6.45) is 0. The molecule has 10 heteroatoms. The highest BCUT2D eigenvalue weighted by molar-refractivity contribution is 9.10. The average molecular weight is 462 g/mol. The van der Waals surface area contributed by atoms with E-state index in [2.05, 4.69) is 36.8 Å². The van der Waals surface area contributed by atoms with Gasteiger partial charge in [-0.15, -0.1) is 5.10 Å². The minimum absolute atomic E-state index is 0.135. The minimum Gasteiger partial charge on any atom is -0.462 e. The van der Waals surface area contributed by atoms with Crippen LogP contribution < -0.4 is 5.32 Å². The van der Waals surface area contributed by atoms with Crippen LogP contribution in [0.15, 0.2) is 58.2 Å². The molecule has 0 aliphatic heterocycles. The van der Waals surface area contributed by atoms with Gasteiger partial charge < -0.3 is 10.1 Å². The zero-order valence-electron chi connectivity index (χ0n) is 14.8. The van der Waals surface area contributed by atoms with Gasteiger partial charge in [-0.2, -0.15) is 4.68 Å². The molecule has 0 spiro atoms. The minimum atomic E-state index is -0.393. The number of rotatable bonds is 7. The number of hydrogen-bond donors (Lipinski definition) is 1. The van der Waals surface area contributed by atoms with E-state index >= 15 is 0 Å². The predicted molar refractivity (Wildman–Crippen MR) is 109 cm³/mol. The first-order chi connectivity index (χ1) is 13.6. The predicted octanol–water partition coefficient (Wildman–Crippen LogP) is 3.33. The van der Waals surface area contributed by atoms with Gasteiger partial charge in [-0.3, -0.25) is 4.79 Å². The Morgan fingerprint density at radius 2 is 1.86 bits per heavy atom. The van der Waals surface area contributed by atoms with Gasteiger partial charge in [0.15, 0.2) is 0 Å². The number of nitrogens with zero attached hydrogens (tertiary/aromatic N) is 4. The number of anilines is 1. The SMILES string of the molecule is CCOC(=O)c1ccc(NC(=O)CSc2nnnn2-c2ccc(Br)cc2)cc1. The second kappa shape index (κ2) is 9.47. The Morgan fingerprint density at radius 3 is 2.54 bits per heavy atom. The second-order valence-electron chi connectivity index (χ2n) is 5.48. The highest BCUT2D eigenvalue weighted by Crippen LogP contribution is 2.20. The zero-order valence-corrected chi connectivity index (χ0v) is 17.2. The van der Waals surface area contributed by atoms with Crippen molar-refractivity contribution in [2.45, 2.75) is 12.1 Å². The molecule has 3 rings (SSSR count). The molecule has 1 aromatic heterocycles. The summed E-state index contributed by atoms with van der Waals surface area (Å²) in [6.45, 7) is 2.06. The van der Waals surface area contributed by atoms with Crippen molar-refractivity contribution in [3.63, 3.8) is 0 Å². The van der Waals surface area contributed by atoms with E-state index in [0.29, 0.717) is 23.0 Å². The quantitative estimate of drug-likeness (QED) is 0.425. The standard InChI is InChI=1S/C18H16BrN5O3S/c1-2-27-17(26)12-3-7-14(8-4-12)20-16(25)11-28-18-21-22-23-24(18)15-9-5-13(19)6-10-15/h3-10H,2,11H2,1H3,(H,20,25). The molecule has 0 saturated heterocycles. The summed E-state index contributed by atoms with van der Waals surface area (Å²) >= 11 is 4.61. The summed E-state index contributed by atoms with van der Waals surface area (Å²) in [4.78, 5) is 23.9. The normalized spacial score (nSPS) is 10.5. The molecule has 0 aliphatic rings. The van der Waals surface area contributed by atoms with Crippen LogP contribution in [-0.2, 0) is 9.53 Å². The number of amides is 1. The Labute approximate surface area is 173 Å². The van der Waals surface area contributed by atoms with Crippen LogP contribution in [0.3, 0.4) is 0 Å². The summed E-state index contributed by atoms with van der Waals surface area (Å²) in [6, 6.07) is 14.0. The molecule has 8 nitrogen and oxygen atoms in total. The van der Waals surface area contributed by atoms with Gasteiger partial charge in [0.1, 0.15) is 0 Å². The van der Waals surface area contributed by atoms with Crippen molar-refractivity contribution in [2.24, 2.45) is 0 Å². The third-order valence-corrected chi connectivity index (χ3v) is 4.97. The molecule has 0 atom stereocenters. The highest BCUT2D eigenvalue weighted by atomic mass is 79.9. The van der Waals surface area contributed by atoms with E-state index in [1.807, 2.05) is 24.3 Å². The molecular weight excluding hydrogens is 446 g/mol. The van der Waals surface area contributed by atoms with Crippen LogP contribution >= 0.6 is 27.7 Å². The molecule has 3 aromatic rings. The van der Waals surface area contributed by atoms with Crippen LogP contribution in [0.4, 0.5) is 5.69 Å². The Morgan fingerprint density at radius 1 is 1.14 bits per heavy atom. The summed E-state index contributed by atoms with van der Waals surface area (Å²) in [5.74, 6) is -0.466. The second-order valence-corrected chi connectivity index (χ2v) is 7.34. The summed E-state index contributed by atoms with van der Waals surface area (Å²) < 4.78 is 7.45. The Kier molecular flexibility index (Phi) is 6.77. The lowest BCUT2D eigenvalue weighted by Crippen LogP contribution is -2.15. The van der Waals surface area contributed by atoms with Crippen LogP contribution in [0, 0.1) is 0 Å². The molecular formula is C18H16BrN5O3S. The third kappa shape index (κ3) is 5.17. The van der Waals surface area contributed by atoms with Crippen molar-refractivity contribution in [2.75, 3.05) is 17.7 Å². The van der Waals surface area contributed by atoms with Crippen LogP contribution in [-0.4, -0.2) is 44.4 Å². The number of tetrazole rings is 1. The number of aromatic nitrogens is 4. The van der Waals surface area contributed by atoms with Crippen LogP contribution in [0.25, 0.3) is 5.69 Å². The van der Waals surface area contributed by atoms with Crippen molar-refractivity contribution in [3.05, 3.63) is 58.6 Å². The van der Waals surface area contributed by atoms with Gasteiger partial charge in [0, 0.05) is 10.2 Å². The number of carbonyl (C=O) groups excluding carboxylic acids is 2. The van der Waals surface area contributed by atoms with E-state index in [9.17, 15) is 9.59 Å². The number of esters is 1. The van der Waals surface area contributed by atoms with Gasteiger partial charge in [-0.05, 0) is 65.9 Å².